The van der Waals surface area contributed by atoms with E-state index in [0.29, 0.717) is 0 Å². The minimum Gasteiger partial charge on any atom is -0.227 e. The number of alkyl halides is 2. The van der Waals surface area contributed by atoms with Gasteiger partial charge in [0.2, 0.25) is 0 Å². The van der Waals surface area contributed by atoms with E-state index < -0.39 is 4.52 Å². The number of halogens is 4. The standard InChI is InChI=1S/C4H2Cl4O2/c5-2-1-9-10-4(7,8)3(2)6/h1H2. The molecule has 1 rings (SSSR count). The van der Waals surface area contributed by atoms with Crippen LogP contribution < -0.4 is 0 Å². The van der Waals surface area contributed by atoms with E-state index in [9.17, 15) is 0 Å². The maximum absolute atomic E-state index is 5.54. The molecule has 58 valence electrons. The summed E-state index contributed by atoms with van der Waals surface area (Å²) in [6.45, 7) is 0.0710. The Bertz CT molecular complexity index is 176. The Kier molecular flexibility index (Phi) is 2.72. The Morgan fingerprint density at radius 1 is 1.30 bits per heavy atom. The van der Waals surface area contributed by atoms with Gasteiger partial charge < -0.3 is 0 Å². The first-order valence-electron chi connectivity index (χ1n) is 2.27. The fraction of sp³-hybridized carbons (Fsp3) is 0.500. The predicted molar refractivity (Wildman–Crippen MR) is 40.2 cm³/mol. The van der Waals surface area contributed by atoms with Gasteiger partial charge >= 0.3 is 0 Å². The topological polar surface area (TPSA) is 18.5 Å². The second-order valence-corrected chi connectivity index (χ2v) is 3.67. The summed E-state index contributed by atoms with van der Waals surface area (Å²) in [6, 6.07) is 0. The highest BCUT2D eigenvalue weighted by Gasteiger charge is 2.36. The van der Waals surface area contributed by atoms with Gasteiger partial charge in [0.1, 0.15) is 11.6 Å². The van der Waals surface area contributed by atoms with E-state index in [4.69, 9.17) is 46.4 Å². The van der Waals surface area contributed by atoms with Crippen LogP contribution in [0.3, 0.4) is 0 Å². The van der Waals surface area contributed by atoms with E-state index in [1.54, 1.807) is 0 Å². The fourth-order valence-corrected chi connectivity index (χ4v) is 1.09. The molecule has 0 aromatic rings. The second kappa shape index (κ2) is 3.05. The SMILES string of the molecule is ClC1=C(Cl)C(Cl)(Cl)OOC1. The van der Waals surface area contributed by atoms with E-state index in [-0.39, 0.29) is 16.7 Å². The molecule has 2 nitrogen and oxygen atoms in total. The first-order valence-corrected chi connectivity index (χ1v) is 3.78. The molecule has 0 spiro atoms. The van der Waals surface area contributed by atoms with Crippen molar-refractivity contribution in [1.82, 2.24) is 0 Å². The van der Waals surface area contributed by atoms with Gasteiger partial charge in [0.25, 0.3) is 4.52 Å². The number of hydrogen-bond acceptors (Lipinski definition) is 2. The summed E-state index contributed by atoms with van der Waals surface area (Å²) in [4.78, 5) is 8.83. The zero-order valence-electron chi connectivity index (χ0n) is 4.54. The molecule has 10 heavy (non-hydrogen) atoms. The molecule has 0 aromatic heterocycles. The summed E-state index contributed by atoms with van der Waals surface area (Å²) in [5, 5.41) is 0.293. The molecule has 0 bridgehead atoms. The van der Waals surface area contributed by atoms with Crippen molar-refractivity contribution in [2.75, 3.05) is 6.61 Å². The summed E-state index contributed by atoms with van der Waals surface area (Å²) < 4.78 is -1.66. The normalized spacial score (nSPS) is 25.2. The van der Waals surface area contributed by atoms with Crippen LogP contribution in [0.2, 0.25) is 0 Å². The molecular formula is C4H2Cl4O2. The lowest BCUT2D eigenvalue weighted by molar-refractivity contribution is -0.309. The van der Waals surface area contributed by atoms with E-state index in [1.165, 1.54) is 0 Å². The van der Waals surface area contributed by atoms with Crippen molar-refractivity contribution in [3.05, 3.63) is 10.1 Å². The van der Waals surface area contributed by atoms with Crippen molar-refractivity contribution < 1.29 is 9.78 Å². The molecule has 0 N–H and O–H groups in total. The van der Waals surface area contributed by atoms with Crippen LogP contribution in [-0.4, -0.2) is 11.1 Å². The maximum Gasteiger partial charge on any atom is 0.287 e. The first-order chi connectivity index (χ1) is 4.54. The smallest absolute Gasteiger partial charge is 0.227 e. The van der Waals surface area contributed by atoms with Gasteiger partial charge in [0.05, 0.1) is 5.03 Å². The largest absolute Gasteiger partial charge is 0.287 e. The van der Waals surface area contributed by atoms with Crippen LogP contribution in [0.1, 0.15) is 0 Å². The Hall–Kier alpha value is 0.820. The zero-order valence-corrected chi connectivity index (χ0v) is 7.56. The third-order valence-electron chi connectivity index (χ3n) is 0.843. The monoisotopic (exact) mass is 222 g/mol. The number of rotatable bonds is 0. The summed E-state index contributed by atoms with van der Waals surface area (Å²) in [5.74, 6) is 0. The van der Waals surface area contributed by atoms with Gasteiger partial charge in [-0.1, -0.05) is 46.4 Å². The van der Waals surface area contributed by atoms with Crippen molar-refractivity contribution in [2.24, 2.45) is 0 Å². The van der Waals surface area contributed by atoms with E-state index >= 15 is 0 Å². The molecule has 0 aromatic carbocycles. The van der Waals surface area contributed by atoms with Crippen LogP contribution in [0, 0.1) is 0 Å². The molecule has 6 heteroatoms. The van der Waals surface area contributed by atoms with Gasteiger partial charge in [-0.25, -0.2) is 4.89 Å². The van der Waals surface area contributed by atoms with Gasteiger partial charge in [0.15, 0.2) is 0 Å². The molecular weight excluding hydrogens is 222 g/mol. The molecule has 0 aliphatic carbocycles. The lowest BCUT2D eigenvalue weighted by atomic mass is 10.5. The summed E-state index contributed by atoms with van der Waals surface area (Å²) in [7, 11) is 0. The van der Waals surface area contributed by atoms with Gasteiger partial charge in [-0.3, -0.25) is 0 Å². The van der Waals surface area contributed by atoms with Crippen molar-refractivity contribution >= 4 is 46.4 Å². The van der Waals surface area contributed by atoms with Crippen LogP contribution in [-0.2, 0) is 9.78 Å². The van der Waals surface area contributed by atoms with Crippen molar-refractivity contribution in [2.45, 2.75) is 4.52 Å². The Labute approximate surface area is 77.5 Å². The third-order valence-corrected chi connectivity index (χ3v) is 2.43. The molecule has 1 heterocycles. The lowest BCUT2D eigenvalue weighted by Crippen LogP contribution is -2.24. The molecule has 0 saturated heterocycles. The van der Waals surface area contributed by atoms with Crippen LogP contribution >= 0.6 is 46.4 Å². The van der Waals surface area contributed by atoms with Crippen LogP contribution in [0.25, 0.3) is 0 Å². The highest BCUT2D eigenvalue weighted by atomic mass is 35.5. The Morgan fingerprint density at radius 2 is 1.90 bits per heavy atom. The molecule has 0 radical (unpaired) electrons. The predicted octanol–water partition coefficient (Wildman–Crippen LogP) is 2.77. The first kappa shape index (κ1) is 8.91. The van der Waals surface area contributed by atoms with Crippen molar-refractivity contribution in [3.8, 4) is 0 Å². The van der Waals surface area contributed by atoms with Gasteiger partial charge in [0, 0.05) is 0 Å². The second-order valence-electron chi connectivity index (χ2n) is 1.58. The van der Waals surface area contributed by atoms with E-state index in [2.05, 4.69) is 9.78 Å². The number of hydrogen-bond donors (Lipinski definition) is 0. The van der Waals surface area contributed by atoms with Crippen LogP contribution in [0.5, 0.6) is 0 Å². The summed E-state index contributed by atoms with van der Waals surface area (Å²) >= 11 is 22.0. The highest BCUT2D eigenvalue weighted by molar-refractivity contribution is 6.56. The molecule has 0 fully saturated rings. The average molecular weight is 224 g/mol. The molecule has 0 atom stereocenters. The zero-order chi connectivity index (χ0) is 7.78. The van der Waals surface area contributed by atoms with Gasteiger partial charge in [-0.05, 0) is 0 Å². The minimum atomic E-state index is -1.66. The van der Waals surface area contributed by atoms with Gasteiger partial charge in [-0.15, -0.1) is 0 Å². The highest BCUT2D eigenvalue weighted by Crippen LogP contribution is 2.40. The van der Waals surface area contributed by atoms with Gasteiger partial charge in [-0.2, -0.15) is 4.89 Å². The van der Waals surface area contributed by atoms with Crippen molar-refractivity contribution in [3.63, 3.8) is 0 Å². The fourth-order valence-electron chi connectivity index (χ4n) is 0.413. The lowest BCUT2D eigenvalue weighted by Gasteiger charge is -2.23. The van der Waals surface area contributed by atoms with E-state index in [1.807, 2.05) is 0 Å². The summed E-state index contributed by atoms with van der Waals surface area (Å²) in [5.41, 5.74) is 0. The maximum atomic E-state index is 5.54. The van der Waals surface area contributed by atoms with Crippen LogP contribution in [0.4, 0.5) is 0 Å². The van der Waals surface area contributed by atoms with E-state index in [0.717, 1.165) is 0 Å². The molecule has 1 aliphatic heterocycles. The Morgan fingerprint density at radius 3 is 2.30 bits per heavy atom. The Balaban J connectivity index is 2.89. The quantitative estimate of drug-likeness (QED) is 0.465. The minimum absolute atomic E-state index is 0.0451. The van der Waals surface area contributed by atoms with Crippen LogP contribution in [0.15, 0.2) is 10.1 Å². The molecule has 1 aliphatic rings. The summed E-state index contributed by atoms with van der Waals surface area (Å²) in [6.07, 6.45) is 0. The third kappa shape index (κ3) is 1.70. The molecule has 0 amide bonds. The average Bonchev–Trinajstić information content (AvgIpc) is 1.83. The molecule has 0 unspecified atom stereocenters. The molecule has 0 saturated carbocycles. The van der Waals surface area contributed by atoms with Crippen molar-refractivity contribution in [1.29, 1.82) is 0 Å².